The van der Waals surface area contributed by atoms with Crippen LogP contribution >= 0.6 is 11.8 Å². The van der Waals surface area contributed by atoms with Crippen molar-refractivity contribution in [2.24, 2.45) is 0 Å². The smallest absolute Gasteiger partial charge is 0.335 e. The average Bonchev–Trinajstić information content (AvgIpc) is 2.69. The molecule has 2 aromatic carbocycles. The molecule has 30 heavy (non-hydrogen) atoms. The molecular formula is C21H20N2O6S. The first kappa shape index (κ1) is 22.7. The van der Waals surface area contributed by atoms with E-state index in [1.807, 2.05) is 0 Å². The lowest BCUT2D eigenvalue weighted by Gasteiger charge is -2.14. The topological polar surface area (TPSA) is 133 Å². The summed E-state index contributed by atoms with van der Waals surface area (Å²) in [4.78, 5) is 46.4. The number of carbonyl (C=O) groups excluding carboxylic acids is 2. The van der Waals surface area contributed by atoms with Gasteiger partial charge in [0.15, 0.2) is 0 Å². The molecule has 0 aromatic heterocycles. The number of aromatic carboxylic acids is 1. The second kappa shape index (κ2) is 10.3. The second-order valence-corrected chi connectivity index (χ2v) is 7.68. The number of rotatable bonds is 8. The Bertz CT molecular complexity index is 1000. The summed E-state index contributed by atoms with van der Waals surface area (Å²) in [5.74, 6) is -3.13. The Hall–Kier alpha value is -3.59. The van der Waals surface area contributed by atoms with Crippen molar-refractivity contribution in [2.45, 2.75) is 24.0 Å². The number of nitrogens with one attached hydrogen (secondary N) is 2. The number of carboxylic acid groups (broad SMARTS) is 2. The number of aryl methyl sites for hydroxylation is 1. The van der Waals surface area contributed by atoms with Crippen molar-refractivity contribution in [3.8, 4) is 0 Å². The lowest BCUT2D eigenvalue weighted by atomic mass is 10.1. The van der Waals surface area contributed by atoms with Gasteiger partial charge < -0.3 is 20.8 Å². The molecule has 0 fully saturated rings. The largest absolute Gasteiger partial charge is 0.478 e. The van der Waals surface area contributed by atoms with E-state index < -0.39 is 23.1 Å². The number of hydrogen-bond acceptors (Lipinski definition) is 5. The maximum absolute atomic E-state index is 12.5. The zero-order chi connectivity index (χ0) is 22.3. The molecule has 0 aliphatic heterocycles. The maximum Gasteiger partial charge on any atom is 0.335 e. The van der Waals surface area contributed by atoms with Crippen molar-refractivity contribution < 1.29 is 29.4 Å². The Morgan fingerprint density at radius 3 is 2.23 bits per heavy atom. The Balaban J connectivity index is 1.97. The number of thioether (sulfide) groups is 1. The molecule has 2 rings (SSSR count). The molecule has 0 bridgehead atoms. The van der Waals surface area contributed by atoms with Crippen LogP contribution in [0.25, 0.3) is 0 Å². The fourth-order valence-corrected chi connectivity index (χ4v) is 3.20. The van der Waals surface area contributed by atoms with Gasteiger partial charge in [0.05, 0.1) is 10.8 Å². The monoisotopic (exact) mass is 428 g/mol. The van der Waals surface area contributed by atoms with E-state index >= 15 is 0 Å². The normalized spacial score (nSPS) is 11.7. The van der Waals surface area contributed by atoms with Gasteiger partial charge >= 0.3 is 11.9 Å². The predicted molar refractivity (Wildman–Crippen MR) is 114 cm³/mol. The number of amides is 2. The van der Waals surface area contributed by atoms with E-state index in [1.165, 1.54) is 23.9 Å². The highest BCUT2D eigenvalue weighted by Crippen LogP contribution is 2.26. The van der Waals surface area contributed by atoms with Gasteiger partial charge in [0.2, 0.25) is 11.8 Å². The minimum atomic E-state index is -1.21. The molecule has 2 amide bonds. The number of carbonyl (C=O) groups is 4. The van der Waals surface area contributed by atoms with Gasteiger partial charge in [0.1, 0.15) is 0 Å². The molecular weight excluding hydrogens is 408 g/mol. The first-order valence-electron chi connectivity index (χ1n) is 8.79. The minimum absolute atomic E-state index is 0.0899. The van der Waals surface area contributed by atoms with E-state index in [1.54, 1.807) is 44.2 Å². The minimum Gasteiger partial charge on any atom is -0.478 e. The van der Waals surface area contributed by atoms with Crippen LogP contribution in [0.15, 0.2) is 59.5 Å². The summed E-state index contributed by atoms with van der Waals surface area (Å²) < 4.78 is 0. The molecule has 0 saturated heterocycles. The lowest BCUT2D eigenvalue weighted by Crippen LogP contribution is -2.23. The van der Waals surface area contributed by atoms with E-state index in [0.29, 0.717) is 11.4 Å². The summed E-state index contributed by atoms with van der Waals surface area (Å²) >= 11 is 1.30. The summed E-state index contributed by atoms with van der Waals surface area (Å²) in [7, 11) is 0. The third-order valence-corrected chi connectivity index (χ3v) is 5.04. The lowest BCUT2D eigenvalue weighted by molar-refractivity contribution is -0.131. The standard InChI is InChI=1S/C21H20N2O6S/c1-12-3-4-14(21(28)29)11-17(12)23-20(27)13(2)30-16-7-5-15(6-8-16)22-18(24)9-10-19(25)26/h3-11,13H,1-2H3,(H,22,24)(H,23,27)(H,25,26)(H,28,29)/b10-9+. The molecule has 0 heterocycles. The molecule has 0 aliphatic carbocycles. The second-order valence-electron chi connectivity index (χ2n) is 6.27. The molecule has 4 N–H and O–H groups in total. The van der Waals surface area contributed by atoms with Crippen LogP contribution in [-0.4, -0.2) is 39.2 Å². The van der Waals surface area contributed by atoms with Crippen LogP contribution in [0.2, 0.25) is 0 Å². The number of anilines is 2. The SMILES string of the molecule is Cc1ccc(C(=O)O)cc1NC(=O)C(C)Sc1ccc(NC(=O)/C=C/C(=O)O)cc1. The zero-order valence-electron chi connectivity index (χ0n) is 16.2. The van der Waals surface area contributed by atoms with Crippen molar-refractivity contribution in [3.05, 3.63) is 65.7 Å². The van der Waals surface area contributed by atoms with Crippen molar-refractivity contribution in [2.75, 3.05) is 10.6 Å². The molecule has 0 spiro atoms. The molecule has 0 aliphatic rings. The Labute approximate surface area is 177 Å². The van der Waals surface area contributed by atoms with Crippen molar-refractivity contribution in [1.82, 2.24) is 0 Å². The molecule has 2 aromatic rings. The highest BCUT2D eigenvalue weighted by Gasteiger charge is 2.16. The number of benzene rings is 2. The van der Waals surface area contributed by atoms with Gasteiger partial charge in [-0.2, -0.15) is 0 Å². The van der Waals surface area contributed by atoms with Crippen LogP contribution in [0, 0.1) is 6.92 Å². The van der Waals surface area contributed by atoms with Gasteiger partial charge in [0, 0.05) is 28.4 Å². The summed E-state index contributed by atoms with van der Waals surface area (Å²) in [5, 5.41) is 22.4. The number of aliphatic carboxylic acids is 1. The van der Waals surface area contributed by atoms with Crippen LogP contribution in [0.3, 0.4) is 0 Å². The summed E-state index contributed by atoms with van der Waals surface area (Å²) in [6.45, 7) is 3.50. The van der Waals surface area contributed by atoms with Crippen molar-refractivity contribution in [1.29, 1.82) is 0 Å². The zero-order valence-corrected chi connectivity index (χ0v) is 17.0. The third-order valence-electron chi connectivity index (χ3n) is 3.92. The third kappa shape index (κ3) is 6.78. The average molecular weight is 428 g/mol. The van der Waals surface area contributed by atoms with Crippen molar-refractivity contribution >= 4 is 46.9 Å². The maximum atomic E-state index is 12.5. The molecule has 1 atom stereocenters. The van der Waals surface area contributed by atoms with Crippen LogP contribution in [0.5, 0.6) is 0 Å². The Kier molecular flexibility index (Phi) is 7.76. The first-order chi connectivity index (χ1) is 14.2. The molecule has 0 saturated carbocycles. The molecule has 9 heteroatoms. The first-order valence-corrected chi connectivity index (χ1v) is 9.67. The Morgan fingerprint density at radius 2 is 1.63 bits per heavy atom. The number of hydrogen-bond donors (Lipinski definition) is 4. The van der Waals surface area contributed by atoms with Gasteiger partial charge in [-0.05, 0) is 55.8 Å². The molecule has 8 nitrogen and oxygen atoms in total. The fourth-order valence-electron chi connectivity index (χ4n) is 2.33. The number of carboxylic acids is 2. The quantitative estimate of drug-likeness (QED) is 0.374. The van der Waals surface area contributed by atoms with Crippen LogP contribution in [0.1, 0.15) is 22.8 Å². The van der Waals surface area contributed by atoms with Gasteiger partial charge in [0.25, 0.3) is 0 Å². The van der Waals surface area contributed by atoms with E-state index in [-0.39, 0.29) is 11.5 Å². The van der Waals surface area contributed by atoms with Crippen LogP contribution in [0.4, 0.5) is 11.4 Å². The summed E-state index contributed by atoms with van der Waals surface area (Å²) in [6, 6.07) is 11.3. The van der Waals surface area contributed by atoms with E-state index in [2.05, 4.69) is 10.6 Å². The van der Waals surface area contributed by atoms with Gasteiger partial charge in [-0.25, -0.2) is 9.59 Å². The van der Waals surface area contributed by atoms with Gasteiger partial charge in [-0.15, -0.1) is 11.8 Å². The molecule has 1 unspecified atom stereocenters. The fraction of sp³-hybridized carbons (Fsp3) is 0.143. The molecule has 0 radical (unpaired) electrons. The highest BCUT2D eigenvalue weighted by atomic mass is 32.2. The Morgan fingerprint density at radius 1 is 0.967 bits per heavy atom. The van der Waals surface area contributed by atoms with E-state index in [0.717, 1.165) is 22.6 Å². The van der Waals surface area contributed by atoms with Crippen LogP contribution in [-0.2, 0) is 14.4 Å². The van der Waals surface area contributed by atoms with E-state index in [9.17, 15) is 19.2 Å². The summed E-state index contributed by atoms with van der Waals surface area (Å²) in [5.41, 5.74) is 1.77. The summed E-state index contributed by atoms with van der Waals surface area (Å²) in [6.07, 6.45) is 1.66. The van der Waals surface area contributed by atoms with Gasteiger partial charge in [-0.1, -0.05) is 6.07 Å². The molecule has 156 valence electrons. The van der Waals surface area contributed by atoms with Gasteiger partial charge in [-0.3, -0.25) is 9.59 Å². The predicted octanol–water partition coefficient (Wildman–Crippen LogP) is 3.39. The van der Waals surface area contributed by atoms with Crippen molar-refractivity contribution in [3.63, 3.8) is 0 Å². The van der Waals surface area contributed by atoms with E-state index in [4.69, 9.17) is 10.2 Å². The highest BCUT2D eigenvalue weighted by molar-refractivity contribution is 8.00. The van der Waals surface area contributed by atoms with Crippen LogP contribution < -0.4 is 10.6 Å².